The van der Waals surface area contributed by atoms with Gasteiger partial charge >= 0.3 is 0 Å². The number of hydrogen-bond acceptors (Lipinski definition) is 1. The number of nitrogens with zero attached hydrogens (tertiary/aromatic N) is 1. The van der Waals surface area contributed by atoms with Gasteiger partial charge in [0.05, 0.1) is 11.0 Å². The van der Waals surface area contributed by atoms with Crippen LogP contribution in [0.2, 0.25) is 0 Å². The first-order valence-corrected chi connectivity index (χ1v) is 15.5. The van der Waals surface area contributed by atoms with Crippen LogP contribution in [0.1, 0.15) is 11.1 Å². The molecule has 212 valence electrons. The normalized spacial score (nSPS) is 12.1. The predicted molar refractivity (Wildman–Crippen MR) is 186 cm³/mol. The summed E-state index contributed by atoms with van der Waals surface area (Å²) >= 11 is 0. The lowest BCUT2D eigenvalue weighted by atomic mass is 9.94. The highest BCUT2D eigenvalue weighted by atomic mass is 16.5. The topological polar surface area (TPSA) is 14.2 Å². The number of ether oxygens (including phenoxy) is 1. The Morgan fingerprint density at radius 1 is 0.378 bits per heavy atom. The zero-order chi connectivity index (χ0) is 29.7. The summed E-state index contributed by atoms with van der Waals surface area (Å²) in [6.07, 6.45) is 0.894. The van der Waals surface area contributed by atoms with Gasteiger partial charge in [-0.2, -0.15) is 0 Å². The fraction of sp³-hybridized carbons (Fsp3) is 0.0233. The van der Waals surface area contributed by atoms with Crippen LogP contribution in [-0.4, -0.2) is 4.57 Å². The van der Waals surface area contributed by atoms with E-state index in [-0.39, 0.29) is 0 Å². The van der Waals surface area contributed by atoms with Gasteiger partial charge in [-0.1, -0.05) is 121 Å². The third-order valence-electron chi connectivity index (χ3n) is 9.09. The van der Waals surface area contributed by atoms with Crippen LogP contribution in [0.5, 0.6) is 11.5 Å². The minimum atomic E-state index is 0.894. The van der Waals surface area contributed by atoms with Crippen molar-refractivity contribution in [1.29, 1.82) is 0 Å². The molecule has 2 nitrogen and oxygen atoms in total. The van der Waals surface area contributed by atoms with Crippen molar-refractivity contribution in [3.05, 3.63) is 175 Å². The van der Waals surface area contributed by atoms with Gasteiger partial charge in [0.15, 0.2) is 0 Å². The number of rotatable bonds is 4. The SMILES string of the molecule is c1ccc(-n2c3ccccc3c3ccc(-c4ccc(-c5ccc(-c6ccc7c(c6)Cc6ccccc6O7)cc5)cc4)cc32)cc1. The summed E-state index contributed by atoms with van der Waals surface area (Å²) in [4.78, 5) is 0. The molecule has 0 fully saturated rings. The first kappa shape index (κ1) is 25.6. The van der Waals surface area contributed by atoms with Gasteiger partial charge < -0.3 is 9.30 Å². The maximum absolute atomic E-state index is 6.15. The van der Waals surface area contributed by atoms with Gasteiger partial charge in [0.1, 0.15) is 11.5 Å². The smallest absolute Gasteiger partial charge is 0.131 e. The molecule has 0 saturated heterocycles. The summed E-state index contributed by atoms with van der Waals surface area (Å²) in [5.74, 6) is 1.92. The maximum atomic E-state index is 6.15. The molecule has 7 aromatic carbocycles. The Hall–Kier alpha value is -5.86. The van der Waals surface area contributed by atoms with Crippen molar-refractivity contribution >= 4 is 21.8 Å². The molecule has 2 heterocycles. The van der Waals surface area contributed by atoms with E-state index in [0.29, 0.717) is 0 Å². The van der Waals surface area contributed by atoms with Crippen LogP contribution in [0.3, 0.4) is 0 Å². The fourth-order valence-electron chi connectivity index (χ4n) is 6.79. The van der Waals surface area contributed by atoms with Crippen molar-refractivity contribution in [3.63, 3.8) is 0 Å². The van der Waals surface area contributed by atoms with Crippen molar-refractivity contribution in [3.8, 4) is 50.6 Å². The zero-order valence-electron chi connectivity index (χ0n) is 24.7. The summed E-state index contributed by atoms with van der Waals surface area (Å²) in [5, 5.41) is 2.54. The van der Waals surface area contributed by atoms with Crippen LogP contribution < -0.4 is 4.74 Å². The van der Waals surface area contributed by atoms with Gasteiger partial charge in [-0.3, -0.25) is 0 Å². The van der Waals surface area contributed by atoms with E-state index in [0.717, 1.165) is 17.9 Å². The van der Waals surface area contributed by atoms with Crippen LogP contribution in [0, 0.1) is 0 Å². The van der Waals surface area contributed by atoms with Gasteiger partial charge in [0.25, 0.3) is 0 Å². The average molecular weight is 576 g/mol. The van der Waals surface area contributed by atoms with E-state index in [2.05, 4.69) is 156 Å². The molecule has 0 spiro atoms. The molecule has 0 radical (unpaired) electrons. The Morgan fingerprint density at radius 2 is 0.911 bits per heavy atom. The highest BCUT2D eigenvalue weighted by molar-refractivity contribution is 6.10. The standard InChI is InChI=1S/C43H29NO/c1-2-9-37(10-3-1)44-40-12-6-5-11-38(40)39-24-22-34(28-41(39)44)32-20-16-30(17-21-32)29-14-18-31(19-15-29)33-23-25-43-36(26-33)27-35-8-4-7-13-42(35)45-43/h1-26,28H,27H2. The van der Waals surface area contributed by atoms with E-state index in [9.17, 15) is 0 Å². The van der Waals surface area contributed by atoms with E-state index in [4.69, 9.17) is 4.74 Å². The highest BCUT2D eigenvalue weighted by Gasteiger charge is 2.17. The largest absolute Gasteiger partial charge is 0.457 e. The van der Waals surface area contributed by atoms with E-state index in [1.54, 1.807) is 0 Å². The lowest BCUT2D eigenvalue weighted by molar-refractivity contribution is 0.460. The Morgan fingerprint density at radius 3 is 1.67 bits per heavy atom. The second-order valence-corrected chi connectivity index (χ2v) is 11.8. The second-order valence-electron chi connectivity index (χ2n) is 11.8. The molecule has 0 saturated carbocycles. The minimum absolute atomic E-state index is 0.894. The molecule has 2 heteroatoms. The summed E-state index contributed by atoms with van der Waals surface area (Å²) in [5.41, 5.74) is 13.3. The van der Waals surface area contributed by atoms with Gasteiger partial charge in [-0.25, -0.2) is 0 Å². The summed E-state index contributed by atoms with van der Waals surface area (Å²) in [6, 6.07) is 58.8. The van der Waals surface area contributed by atoms with Gasteiger partial charge in [-0.15, -0.1) is 0 Å². The number of hydrogen-bond donors (Lipinski definition) is 0. The third kappa shape index (κ3) is 4.42. The van der Waals surface area contributed by atoms with Crippen LogP contribution in [0.25, 0.3) is 60.9 Å². The predicted octanol–water partition coefficient (Wildman–Crippen LogP) is 11.5. The lowest BCUT2D eigenvalue weighted by Crippen LogP contribution is -2.02. The zero-order valence-corrected chi connectivity index (χ0v) is 24.7. The Balaban J connectivity index is 1.01. The Labute approximate surface area is 262 Å². The molecule has 1 aliphatic rings. The molecule has 8 aromatic rings. The molecule has 0 N–H and O–H groups in total. The Bertz CT molecular complexity index is 2350. The number of benzene rings is 7. The first-order valence-electron chi connectivity index (χ1n) is 15.5. The number of para-hydroxylation sites is 3. The van der Waals surface area contributed by atoms with Crippen LogP contribution in [0.15, 0.2) is 164 Å². The minimum Gasteiger partial charge on any atom is -0.457 e. The molecule has 1 aromatic heterocycles. The molecule has 0 bridgehead atoms. The highest BCUT2D eigenvalue weighted by Crippen LogP contribution is 2.39. The van der Waals surface area contributed by atoms with Crippen molar-refractivity contribution in [2.45, 2.75) is 6.42 Å². The van der Waals surface area contributed by atoms with E-state index in [1.807, 2.05) is 12.1 Å². The van der Waals surface area contributed by atoms with Crippen molar-refractivity contribution in [2.24, 2.45) is 0 Å². The molecule has 0 atom stereocenters. The van der Waals surface area contributed by atoms with E-state index in [1.165, 1.54) is 72.0 Å². The Kier molecular flexibility index (Phi) is 5.92. The van der Waals surface area contributed by atoms with E-state index < -0.39 is 0 Å². The summed E-state index contributed by atoms with van der Waals surface area (Å²) in [6.45, 7) is 0. The molecular formula is C43H29NO. The quantitative estimate of drug-likeness (QED) is 0.204. The molecule has 1 aliphatic heterocycles. The molecule has 0 aliphatic carbocycles. The number of aromatic nitrogens is 1. The molecule has 0 unspecified atom stereocenters. The number of fused-ring (bicyclic) bond motifs is 5. The first-order chi connectivity index (χ1) is 22.3. The van der Waals surface area contributed by atoms with Gasteiger partial charge in [0, 0.05) is 22.9 Å². The molecule has 0 amide bonds. The molecule has 9 rings (SSSR count). The van der Waals surface area contributed by atoms with Crippen molar-refractivity contribution in [1.82, 2.24) is 4.57 Å². The molecule has 45 heavy (non-hydrogen) atoms. The van der Waals surface area contributed by atoms with Crippen LogP contribution in [0.4, 0.5) is 0 Å². The average Bonchev–Trinajstić information content (AvgIpc) is 3.45. The third-order valence-corrected chi connectivity index (χ3v) is 9.09. The molecular weight excluding hydrogens is 546 g/mol. The second kappa shape index (κ2) is 10.4. The monoisotopic (exact) mass is 575 g/mol. The van der Waals surface area contributed by atoms with Crippen molar-refractivity contribution < 1.29 is 4.74 Å². The van der Waals surface area contributed by atoms with Gasteiger partial charge in [-0.05, 0) is 87.0 Å². The lowest BCUT2D eigenvalue weighted by Gasteiger charge is -2.20. The summed E-state index contributed by atoms with van der Waals surface area (Å²) in [7, 11) is 0. The van der Waals surface area contributed by atoms with Crippen LogP contribution >= 0.6 is 0 Å². The van der Waals surface area contributed by atoms with Gasteiger partial charge in [0.2, 0.25) is 0 Å². The summed E-state index contributed by atoms with van der Waals surface area (Å²) < 4.78 is 8.52. The van der Waals surface area contributed by atoms with Crippen molar-refractivity contribution in [2.75, 3.05) is 0 Å². The van der Waals surface area contributed by atoms with E-state index >= 15 is 0 Å². The maximum Gasteiger partial charge on any atom is 0.131 e. The fourth-order valence-corrected chi connectivity index (χ4v) is 6.79. The van der Waals surface area contributed by atoms with Crippen LogP contribution in [-0.2, 0) is 6.42 Å².